The van der Waals surface area contributed by atoms with E-state index in [0.717, 1.165) is 38.4 Å². The van der Waals surface area contributed by atoms with E-state index in [1.807, 2.05) is 6.92 Å². The number of hydrogen-bond acceptors (Lipinski definition) is 6. The van der Waals surface area contributed by atoms with Gasteiger partial charge >= 0.3 is 0 Å². The minimum Gasteiger partial charge on any atom is -0.335 e. The minimum absolute atomic E-state index is 0.0650. The molecule has 8 heteroatoms. The highest BCUT2D eigenvalue weighted by molar-refractivity contribution is 5.88. The maximum Gasteiger partial charge on any atom is 0.223 e. The summed E-state index contributed by atoms with van der Waals surface area (Å²) in [4.78, 5) is 49.7. The number of carbonyl (C=O) groups excluding carboxylic acids is 4. The predicted octanol–water partition coefficient (Wildman–Crippen LogP) is 2.01. The van der Waals surface area contributed by atoms with Crippen molar-refractivity contribution in [2.45, 2.75) is 90.6 Å². The molecule has 0 aromatic rings. The lowest BCUT2D eigenvalue weighted by molar-refractivity contribution is -0.135. The third-order valence-electron chi connectivity index (χ3n) is 6.77. The summed E-state index contributed by atoms with van der Waals surface area (Å²) in [5.74, 6) is 0.426. The van der Waals surface area contributed by atoms with Gasteiger partial charge < -0.3 is 20.0 Å². The average Bonchev–Trinajstić information content (AvgIpc) is 3.56. The fourth-order valence-corrected chi connectivity index (χ4v) is 5.06. The van der Waals surface area contributed by atoms with E-state index in [0.29, 0.717) is 19.4 Å². The van der Waals surface area contributed by atoms with Crippen molar-refractivity contribution in [1.82, 2.24) is 20.0 Å². The Hall–Kier alpha value is -1.80. The Morgan fingerprint density at radius 2 is 1.61 bits per heavy atom. The highest BCUT2D eigenvalue weighted by atomic mass is 16.2. The Morgan fingerprint density at radius 3 is 2.06 bits per heavy atom. The molecule has 8 nitrogen and oxygen atoms in total. The van der Waals surface area contributed by atoms with Crippen LogP contribution in [-0.4, -0.2) is 96.0 Å². The second-order valence-corrected chi connectivity index (χ2v) is 9.65. The molecule has 1 N–H and O–H groups in total. The second kappa shape index (κ2) is 14.5. The standard InChI is InChI=1S/C9H18N2.C9H15NO2.C7H11NO2/c1-2-7-11(6-1)8-9-4-3-5-10-9;1-3-8(7(2)11)10-6-4-5-9(10)12;1-6(9)5-8-4-2-3-7(8)10/h9-10H,1-8H2;8H,3-6H2,1-2H3;2-5H2,1H3/t9-;;/m0../s1. The number of carbonyl (C=O) groups is 4. The molecular formula is C25H44N4O4. The molecule has 2 amide bonds. The summed E-state index contributed by atoms with van der Waals surface area (Å²) in [6.07, 6.45) is 9.42. The van der Waals surface area contributed by atoms with E-state index in [1.165, 1.54) is 58.8 Å². The molecule has 4 fully saturated rings. The normalized spacial score (nSPS) is 23.8. The van der Waals surface area contributed by atoms with Gasteiger partial charge in [-0.2, -0.15) is 0 Å². The summed E-state index contributed by atoms with van der Waals surface area (Å²) in [6.45, 7) is 12.1. The molecule has 4 heterocycles. The van der Waals surface area contributed by atoms with Crippen molar-refractivity contribution in [2.24, 2.45) is 0 Å². The molecule has 4 rings (SSSR count). The van der Waals surface area contributed by atoms with Gasteiger partial charge in [-0.1, -0.05) is 6.92 Å². The second-order valence-electron chi connectivity index (χ2n) is 9.65. The number of likely N-dealkylation sites (tertiary alicyclic amines) is 3. The maximum atomic E-state index is 11.3. The van der Waals surface area contributed by atoms with Gasteiger partial charge in [-0.25, -0.2) is 0 Å². The van der Waals surface area contributed by atoms with E-state index in [2.05, 4.69) is 10.2 Å². The van der Waals surface area contributed by atoms with Crippen LogP contribution in [0.1, 0.15) is 78.6 Å². The topological polar surface area (TPSA) is 90.0 Å². The van der Waals surface area contributed by atoms with E-state index in [9.17, 15) is 19.2 Å². The Bertz CT molecular complexity index is 643. The molecule has 0 spiro atoms. The van der Waals surface area contributed by atoms with Gasteiger partial charge in [0.25, 0.3) is 0 Å². The number of rotatable bonds is 7. The van der Waals surface area contributed by atoms with E-state index < -0.39 is 0 Å². The van der Waals surface area contributed by atoms with Crippen molar-refractivity contribution in [2.75, 3.05) is 45.8 Å². The van der Waals surface area contributed by atoms with Crippen LogP contribution in [0.15, 0.2) is 0 Å². The van der Waals surface area contributed by atoms with Crippen LogP contribution in [0.2, 0.25) is 0 Å². The summed E-state index contributed by atoms with van der Waals surface area (Å²) in [5.41, 5.74) is 0. The molecule has 2 atom stereocenters. The molecule has 4 aliphatic heterocycles. The summed E-state index contributed by atoms with van der Waals surface area (Å²) in [7, 11) is 0. The summed E-state index contributed by atoms with van der Waals surface area (Å²) in [5, 5.41) is 3.54. The van der Waals surface area contributed by atoms with Crippen molar-refractivity contribution in [3.05, 3.63) is 0 Å². The van der Waals surface area contributed by atoms with E-state index in [-0.39, 0.29) is 29.4 Å². The van der Waals surface area contributed by atoms with Gasteiger partial charge in [0.2, 0.25) is 11.8 Å². The van der Waals surface area contributed by atoms with Crippen LogP contribution in [0.3, 0.4) is 0 Å². The molecule has 0 aromatic carbocycles. The Labute approximate surface area is 199 Å². The fraction of sp³-hybridized carbons (Fsp3) is 0.840. The van der Waals surface area contributed by atoms with Crippen molar-refractivity contribution in [1.29, 1.82) is 0 Å². The molecule has 0 aromatic heterocycles. The molecule has 33 heavy (non-hydrogen) atoms. The first-order chi connectivity index (χ1) is 15.8. The molecule has 0 saturated carbocycles. The average molecular weight is 465 g/mol. The monoisotopic (exact) mass is 464 g/mol. The van der Waals surface area contributed by atoms with Gasteiger partial charge in [0.1, 0.15) is 5.78 Å². The lowest BCUT2D eigenvalue weighted by atomic mass is 10.1. The number of amides is 2. The highest BCUT2D eigenvalue weighted by Crippen LogP contribution is 2.16. The molecule has 1 unspecified atom stereocenters. The molecule has 0 aliphatic carbocycles. The van der Waals surface area contributed by atoms with Crippen LogP contribution in [0.5, 0.6) is 0 Å². The molecule has 4 aliphatic rings. The minimum atomic E-state index is -0.167. The lowest BCUT2D eigenvalue weighted by Gasteiger charge is -2.23. The summed E-state index contributed by atoms with van der Waals surface area (Å²) in [6, 6.07) is 0.646. The zero-order valence-corrected chi connectivity index (χ0v) is 20.9. The zero-order chi connectivity index (χ0) is 24.2. The van der Waals surface area contributed by atoms with E-state index in [4.69, 9.17) is 0 Å². The number of ketones is 2. The predicted molar refractivity (Wildman–Crippen MR) is 129 cm³/mol. The summed E-state index contributed by atoms with van der Waals surface area (Å²) >= 11 is 0. The number of nitrogens with zero attached hydrogens (tertiary/aromatic N) is 3. The van der Waals surface area contributed by atoms with Crippen molar-refractivity contribution in [3.8, 4) is 0 Å². The molecule has 4 saturated heterocycles. The SMILES string of the molecule is C1CN[C@H](CN2CCCC2)C1.CC(=O)CN1CCCC1=O.CCC(C(C)=O)N1CCCC1=O. The fourth-order valence-electron chi connectivity index (χ4n) is 5.06. The molecule has 188 valence electrons. The number of nitrogens with one attached hydrogen (secondary N) is 1. The van der Waals surface area contributed by atoms with Gasteiger partial charge in [0, 0.05) is 38.5 Å². The van der Waals surface area contributed by atoms with Crippen LogP contribution in [0, 0.1) is 0 Å². The third-order valence-corrected chi connectivity index (χ3v) is 6.77. The van der Waals surface area contributed by atoms with Gasteiger partial charge in [-0.3, -0.25) is 19.2 Å². The number of hydrogen-bond donors (Lipinski definition) is 1. The van der Waals surface area contributed by atoms with Crippen LogP contribution >= 0.6 is 0 Å². The van der Waals surface area contributed by atoms with E-state index in [1.54, 1.807) is 16.7 Å². The lowest BCUT2D eigenvalue weighted by Crippen LogP contribution is -2.40. The van der Waals surface area contributed by atoms with Gasteiger partial charge in [0.15, 0.2) is 5.78 Å². The third kappa shape index (κ3) is 9.53. The van der Waals surface area contributed by atoms with E-state index >= 15 is 0 Å². The Kier molecular flexibility index (Phi) is 12.0. The van der Waals surface area contributed by atoms with Crippen LogP contribution in [-0.2, 0) is 19.2 Å². The largest absolute Gasteiger partial charge is 0.335 e. The zero-order valence-electron chi connectivity index (χ0n) is 20.9. The van der Waals surface area contributed by atoms with Crippen molar-refractivity contribution < 1.29 is 19.2 Å². The van der Waals surface area contributed by atoms with Gasteiger partial charge in [0.05, 0.1) is 12.6 Å². The summed E-state index contributed by atoms with van der Waals surface area (Å²) < 4.78 is 0. The Morgan fingerprint density at radius 1 is 0.939 bits per heavy atom. The quantitative estimate of drug-likeness (QED) is 0.620. The maximum absolute atomic E-state index is 11.3. The van der Waals surface area contributed by atoms with Crippen molar-refractivity contribution >= 4 is 23.4 Å². The smallest absolute Gasteiger partial charge is 0.223 e. The molecule has 0 radical (unpaired) electrons. The Balaban J connectivity index is 0.000000176. The van der Waals surface area contributed by atoms with Crippen LogP contribution in [0.4, 0.5) is 0 Å². The van der Waals surface area contributed by atoms with Crippen LogP contribution < -0.4 is 5.32 Å². The van der Waals surface area contributed by atoms with Gasteiger partial charge in [-0.15, -0.1) is 0 Å². The van der Waals surface area contributed by atoms with Gasteiger partial charge in [-0.05, 0) is 78.4 Å². The highest BCUT2D eigenvalue weighted by Gasteiger charge is 2.29. The molecular weight excluding hydrogens is 420 g/mol. The number of Topliss-reactive ketones (excluding diaryl/α,β-unsaturated/α-hetero) is 2. The molecule has 0 bridgehead atoms. The first-order valence-corrected chi connectivity index (χ1v) is 12.8. The first-order valence-electron chi connectivity index (χ1n) is 12.8. The van der Waals surface area contributed by atoms with Crippen LogP contribution in [0.25, 0.3) is 0 Å². The van der Waals surface area contributed by atoms with Crippen molar-refractivity contribution in [3.63, 3.8) is 0 Å². The first kappa shape index (κ1) is 27.4.